The molecule has 4 unspecified atom stereocenters. The molecule has 4 amide bonds. The van der Waals surface area contributed by atoms with Gasteiger partial charge in [-0.25, -0.2) is 51.2 Å². The maximum absolute atomic E-state index is 10.7. The third kappa shape index (κ3) is 26.3. The molecular formula is C66H52N12O12P4V4Y2-4. The van der Waals surface area contributed by atoms with Crippen LogP contribution in [0.3, 0.4) is 0 Å². The van der Waals surface area contributed by atoms with Crippen LogP contribution in [0.25, 0.3) is 133 Å². The predicted octanol–water partition coefficient (Wildman–Crippen LogP) is 13.5. The van der Waals surface area contributed by atoms with E-state index in [0.717, 1.165) is 150 Å². The zero-order valence-electron chi connectivity index (χ0n) is 52.9. The van der Waals surface area contributed by atoms with Gasteiger partial charge in [-0.05, 0) is 84.6 Å². The maximum atomic E-state index is 10.7. The Morgan fingerprint density at radius 1 is 0.400 bits per heavy atom. The van der Waals surface area contributed by atoms with Crippen LogP contribution in [0.5, 0.6) is 0 Å². The number of rotatable bonds is 14. The van der Waals surface area contributed by atoms with E-state index in [0.29, 0.717) is 22.3 Å². The number of aromatic nitrogens is 8. The molecule has 8 aromatic carbocycles. The van der Waals surface area contributed by atoms with Gasteiger partial charge in [-0.15, -0.1) is 34.7 Å². The Kier molecular flexibility index (Phi) is 42.1. The van der Waals surface area contributed by atoms with E-state index in [1.54, 1.807) is 12.4 Å². The van der Waals surface area contributed by atoms with E-state index in [9.17, 15) is 38.4 Å². The van der Waals surface area contributed by atoms with Crippen LogP contribution >= 0.6 is 34.3 Å². The smallest absolute Gasteiger partial charge is 0.632 e. The number of fused-ring (bicyclic) bond motifs is 4. The van der Waals surface area contributed by atoms with Crippen molar-refractivity contribution in [2.45, 2.75) is 0 Å². The van der Waals surface area contributed by atoms with E-state index in [2.05, 4.69) is 212 Å². The average molecular weight is 1710 g/mol. The summed E-state index contributed by atoms with van der Waals surface area (Å²) >= 11 is 0. The van der Waals surface area contributed by atoms with Gasteiger partial charge in [0.25, 0.3) is 0 Å². The Labute approximate surface area is 679 Å². The van der Waals surface area contributed by atoms with Crippen molar-refractivity contribution in [1.82, 2.24) is 39.9 Å². The number of imidazole rings is 4. The van der Waals surface area contributed by atoms with Gasteiger partial charge in [-0.1, -0.05) is 119 Å². The first-order valence-electron chi connectivity index (χ1n) is 27.0. The molecule has 8 N–H and O–H groups in total. The maximum Gasteiger partial charge on any atom is 2.00 e. The molecule has 6 radical (unpaired) electrons. The fourth-order valence-corrected chi connectivity index (χ4v) is 10.6. The number of ether oxygens (including phenoxy) is 4. The Morgan fingerprint density at radius 2 is 0.700 bits per heavy atom. The van der Waals surface area contributed by atoms with E-state index < -0.39 is 24.4 Å². The number of aromatic amines is 4. The first-order valence-corrected chi connectivity index (χ1v) is 31.0. The number of hydrogen-bond acceptors (Lipinski definition) is 16. The number of amides is 4. The van der Waals surface area contributed by atoms with Crippen molar-refractivity contribution in [2.24, 2.45) is 0 Å². The summed E-state index contributed by atoms with van der Waals surface area (Å²) in [4.78, 5) is 109. The van der Waals surface area contributed by atoms with Gasteiger partial charge in [0.1, 0.15) is 0 Å². The summed E-state index contributed by atoms with van der Waals surface area (Å²) in [6.45, 7) is 8.52. The van der Waals surface area contributed by atoms with Crippen molar-refractivity contribution in [2.75, 3.05) is 28.4 Å². The summed E-state index contributed by atoms with van der Waals surface area (Å²) in [6.07, 6.45) is 5.42. The summed E-state index contributed by atoms with van der Waals surface area (Å²) in [5, 5.41) is 8.82. The van der Waals surface area contributed by atoms with Gasteiger partial charge in [-0.3, -0.25) is 19.2 Å². The largest absolute Gasteiger partial charge is 2.00 e. The molecule has 4 heterocycles. The number of methoxy groups -OCH3 is 4. The second kappa shape index (κ2) is 46.1. The molecule has 34 heteroatoms. The van der Waals surface area contributed by atoms with Crippen molar-refractivity contribution in [1.29, 1.82) is 0 Å². The normalized spacial score (nSPS) is 10.1. The van der Waals surface area contributed by atoms with E-state index in [-0.39, 0.29) is 174 Å². The van der Waals surface area contributed by atoms with Gasteiger partial charge in [-0.2, -0.15) is 48.2 Å². The molecule has 0 saturated carbocycles. The number of nitrogens with one attached hydrogen (secondary N) is 8. The molecule has 0 fully saturated rings. The van der Waals surface area contributed by atoms with Crippen LogP contribution in [0.1, 0.15) is 11.1 Å². The summed E-state index contributed by atoms with van der Waals surface area (Å²) in [5.41, 5.74) is 39.5. The van der Waals surface area contributed by atoms with Gasteiger partial charge in [0.05, 0.1) is 63.4 Å². The molecule has 0 saturated heterocycles. The molecule has 24 nitrogen and oxygen atoms in total. The van der Waals surface area contributed by atoms with Crippen LogP contribution in [0.15, 0.2) is 146 Å². The zero-order chi connectivity index (χ0) is 67.8. The minimum Gasteiger partial charge on any atom is -0.632 e. The van der Waals surface area contributed by atoms with E-state index in [4.69, 9.17) is 22.9 Å². The van der Waals surface area contributed by atoms with Gasteiger partial charge in [0.15, 0.2) is 0 Å². The SMILES string of the molecule is COC([NH-])=O.COC([NH-])=O.COC([NH-])=O.COC([NH-])=O.[CH2-]c1c(-c2[c-]nc(P[C-]=O)[nH]2)ccc2cc(-c3ccc4cc(-c5cnc(P[C-]=O)[nH]5)ccc4c3)ccc12.[CH2-]c1cc2cc(-c3ccc4cc(-c5cnc(P[C-]=O)[nH]5)ccc4c3)ccc2cc1-c1[c-]nc(P[C-]=O)[nH]1.[V+2].[V+2].[V+2].[V+2].[Y].[Y]. The second-order valence-corrected chi connectivity index (χ2v) is 22.7. The minimum atomic E-state index is -0.995. The number of nitrogens with zero attached hydrogens (tertiary/aromatic N) is 4. The first kappa shape index (κ1) is 91.4. The number of carbonyl (C=O) groups excluding carboxylic acids is 8. The van der Waals surface area contributed by atoms with Crippen molar-refractivity contribution < 1.29 is 197 Å². The summed E-state index contributed by atoms with van der Waals surface area (Å²) in [6, 6.07) is 53.9. The minimum absolute atomic E-state index is 0. The van der Waals surface area contributed by atoms with E-state index >= 15 is 0 Å². The molecular weight excluding hydrogens is 1660 g/mol. The van der Waals surface area contributed by atoms with E-state index in [1.807, 2.05) is 30.2 Å². The molecule has 0 aliphatic rings. The first-order chi connectivity index (χ1) is 45.3. The van der Waals surface area contributed by atoms with Crippen LogP contribution in [-0.2, 0) is 178 Å². The molecule has 12 rings (SSSR count). The molecule has 0 spiro atoms. The molecule has 0 aliphatic carbocycles. The van der Waals surface area contributed by atoms with Crippen molar-refractivity contribution >= 4 is 148 Å². The van der Waals surface area contributed by atoms with Crippen molar-refractivity contribution in [3.8, 4) is 67.3 Å². The summed E-state index contributed by atoms with van der Waals surface area (Å²) < 4.78 is 15.1. The van der Waals surface area contributed by atoms with Crippen LogP contribution in [0.2, 0.25) is 0 Å². The average Bonchev–Trinajstić information content (AvgIpc) is 1.22. The third-order valence-electron chi connectivity index (χ3n) is 13.3. The number of H-pyrrole nitrogens is 4. The summed E-state index contributed by atoms with van der Waals surface area (Å²) in [7, 11) is 4.18. The standard InChI is InChI=1S/2C29H18N4O2P2.4C2H5NO2.4V.2Y/c1-17-24-8-6-21(11-22(24)7-9-25(17)27-14-31-29(33-27)37-16-35)18-2-3-20-12-23(5-4-19(20)10-18)26-13-30-28(32-26)36-15-34;1-17-8-24-11-21(4-5-22(24)12-25(17)27-14-31-29(33-27)37-16-35)18-2-3-20-10-23(7-6-19(20)9-18)26-13-30-28(32-26)36-15-34;4*1-5-2(3)4;;;;;;/h2*2-13,36-37H,1H2,(H,30,32)(H,31,33);4*1H3,(H2,3,4);;;;;;/q2*-4;;;;;4*+2;;/p-4. The van der Waals surface area contributed by atoms with Crippen molar-refractivity contribution in [3.05, 3.63) is 206 Å². The molecule has 4 atom stereocenters. The van der Waals surface area contributed by atoms with Crippen molar-refractivity contribution in [3.63, 3.8) is 0 Å². The van der Waals surface area contributed by atoms with Crippen LogP contribution in [0.4, 0.5) is 19.2 Å². The Bertz CT molecular complexity index is 4500. The van der Waals surface area contributed by atoms with Gasteiger partial charge >= 0.3 is 74.2 Å². The fourth-order valence-electron chi connectivity index (χ4n) is 8.95. The quantitative estimate of drug-likeness (QED) is 0.0446. The van der Waals surface area contributed by atoms with Gasteiger partial charge in [0.2, 0.25) is 24.4 Å². The molecule has 100 heavy (non-hydrogen) atoms. The zero-order valence-corrected chi connectivity index (χ0v) is 68.2. The van der Waals surface area contributed by atoms with Crippen LogP contribution < -0.4 is 22.3 Å². The predicted molar refractivity (Wildman–Crippen MR) is 372 cm³/mol. The molecule has 498 valence electrons. The van der Waals surface area contributed by atoms with E-state index in [1.165, 1.54) is 0 Å². The topological polar surface area (TPSA) is 383 Å². The number of hydrogen-bond donors (Lipinski definition) is 4. The Hall–Kier alpha value is -6.59. The molecule has 0 aliphatic heterocycles. The molecule has 0 bridgehead atoms. The molecule has 4 aromatic heterocycles. The Morgan fingerprint density at radius 3 is 1.07 bits per heavy atom. The number of benzene rings is 8. The van der Waals surface area contributed by atoms with Crippen LogP contribution in [-0.4, -0.2) is 117 Å². The molecule has 12 aromatic rings. The number of carbonyl (C=O) groups is 4. The van der Waals surface area contributed by atoms with Gasteiger partial charge in [0, 0.05) is 76.5 Å². The monoisotopic (exact) mass is 1710 g/mol. The second-order valence-electron chi connectivity index (χ2n) is 19.0. The Balaban J connectivity index is 0.000000751. The third-order valence-corrected chi connectivity index (χ3v) is 15.7. The van der Waals surface area contributed by atoms with Crippen LogP contribution in [0, 0.1) is 26.2 Å². The summed E-state index contributed by atoms with van der Waals surface area (Å²) in [5.74, 6) is 0. The fraction of sp³-hybridized carbons (Fsp3) is 0.0606. The van der Waals surface area contributed by atoms with Gasteiger partial charge < -0.3 is 91.0 Å².